The zero-order valence-corrected chi connectivity index (χ0v) is 10.9. The van der Waals surface area contributed by atoms with Gasteiger partial charge in [-0.15, -0.1) is 0 Å². The summed E-state index contributed by atoms with van der Waals surface area (Å²) in [5.41, 5.74) is 6.25. The Morgan fingerprint density at radius 1 is 1.37 bits per heavy atom. The second kappa shape index (κ2) is 5.17. The van der Waals surface area contributed by atoms with Gasteiger partial charge in [-0.25, -0.2) is 4.98 Å². The molecule has 19 heavy (non-hydrogen) atoms. The van der Waals surface area contributed by atoms with Crippen LogP contribution in [0.15, 0.2) is 18.3 Å². The summed E-state index contributed by atoms with van der Waals surface area (Å²) in [5.74, 6) is 2.11. The van der Waals surface area contributed by atoms with E-state index in [0.717, 1.165) is 31.1 Å². The van der Waals surface area contributed by atoms with Crippen molar-refractivity contribution in [3.8, 4) is 0 Å². The van der Waals surface area contributed by atoms with Crippen LogP contribution in [0.4, 0.5) is 11.5 Å². The minimum atomic E-state index is 0.134. The highest BCUT2D eigenvalue weighted by Gasteiger charge is 2.47. The number of aromatic nitrogens is 1. The van der Waals surface area contributed by atoms with Crippen molar-refractivity contribution in [2.45, 2.75) is 19.3 Å². The molecule has 0 unspecified atom stereocenters. The summed E-state index contributed by atoms with van der Waals surface area (Å²) < 4.78 is 0. The van der Waals surface area contributed by atoms with E-state index in [1.165, 1.54) is 12.8 Å². The average Bonchev–Trinajstić information content (AvgIpc) is 3.23. The number of hydrogen-bond donors (Lipinski definition) is 3. The van der Waals surface area contributed by atoms with Crippen molar-refractivity contribution in [1.82, 2.24) is 10.3 Å². The predicted octanol–water partition coefficient (Wildman–Crippen LogP) is 1.24. The van der Waals surface area contributed by atoms with Crippen LogP contribution in [0.2, 0.25) is 0 Å². The number of nitrogens with two attached hydrogens (primary N) is 1. The van der Waals surface area contributed by atoms with Crippen molar-refractivity contribution >= 4 is 17.4 Å². The molecule has 0 aromatic carbocycles. The van der Waals surface area contributed by atoms with Gasteiger partial charge in [0.15, 0.2) is 0 Å². The second-order valence-electron chi connectivity index (χ2n) is 5.55. The lowest BCUT2D eigenvalue weighted by Gasteiger charge is -2.22. The second-order valence-corrected chi connectivity index (χ2v) is 5.55. The molecular weight excluding hydrogens is 240 g/mol. The number of carbonyl (C=O) groups excluding carboxylic acids is 1. The van der Waals surface area contributed by atoms with Gasteiger partial charge >= 0.3 is 0 Å². The van der Waals surface area contributed by atoms with E-state index >= 15 is 0 Å². The molecule has 2 fully saturated rings. The normalized spacial score (nSPS) is 26.9. The Kier molecular flexibility index (Phi) is 3.38. The molecule has 4 N–H and O–H groups in total. The van der Waals surface area contributed by atoms with Crippen molar-refractivity contribution in [1.29, 1.82) is 0 Å². The van der Waals surface area contributed by atoms with Crippen LogP contribution in [0.3, 0.4) is 0 Å². The van der Waals surface area contributed by atoms with Crippen molar-refractivity contribution in [2.24, 2.45) is 17.8 Å². The van der Waals surface area contributed by atoms with Crippen LogP contribution in [0.1, 0.15) is 19.3 Å². The van der Waals surface area contributed by atoms with E-state index in [1.807, 2.05) is 0 Å². The van der Waals surface area contributed by atoms with Gasteiger partial charge in [-0.3, -0.25) is 4.79 Å². The number of carbonyl (C=O) groups is 1. The first-order chi connectivity index (χ1) is 9.24. The highest BCUT2D eigenvalue weighted by atomic mass is 16.2. The first-order valence-corrected chi connectivity index (χ1v) is 6.97. The number of anilines is 2. The van der Waals surface area contributed by atoms with Crippen LogP contribution in [0.5, 0.6) is 0 Å². The van der Waals surface area contributed by atoms with E-state index in [1.54, 1.807) is 18.3 Å². The molecule has 1 saturated carbocycles. The molecule has 102 valence electrons. The van der Waals surface area contributed by atoms with Gasteiger partial charge in [-0.1, -0.05) is 0 Å². The SMILES string of the molecule is Nc1ccc(NC(=O)[C@@H]2C[C@H]2C2CCNCC2)cn1. The zero-order valence-electron chi connectivity index (χ0n) is 10.9. The maximum Gasteiger partial charge on any atom is 0.227 e. The minimum absolute atomic E-state index is 0.134. The monoisotopic (exact) mass is 260 g/mol. The number of nitrogens with zero attached hydrogens (tertiary/aromatic N) is 1. The van der Waals surface area contributed by atoms with Crippen LogP contribution in [-0.4, -0.2) is 24.0 Å². The van der Waals surface area contributed by atoms with Gasteiger partial charge in [-0.2, -0.15) is 0 Å². The topological polar surface area (TPSA) is 80.0 Å². The fraction of sp³-hybridized carbons (Fsp3) is 0.571. The molecule has 1 aliphatic heterocycles. The van der Waals surface area contributed by atoms with Crippen LogP contribution in [0.25, 0.3) is 0 Å². The Balaban J connectivity index is 1.53. The summed E-state index contributed by atoms with van der Waals surface area (Å²) in [5, 5.41) is 6.29. The Morgan fingerprint density at radius 3 is 2.84 bits per heavy atom. The maximum absolute atomic E-state index is 12.1. The fourth-order valence-corrected chi connectivity index (χ4v) is 3.02. The van der Waals surface area contributed by atoms with E-state index in [-0.39, 0.29) is 11.8 Å². The summed E-state index contributed by atoms with van der Waals surface area (Å²) in [7, 11) is 0. The minimum Gasteiger partial charge on any atom is -0.384 e. The van der Waals surface area contributed by atoms with Crippen molar-refractivity contribution in [3.63, 3.8) is 0 Å². The quantitative estimate of drug-likeness (QED) is 0.764. The molecule has 1 aromatic rings. The number of hydrogen-bond acceptors (Lipinski definition) is 4. The molecule has 0 radical (unpaired) electrons. The van der Waals surface area contributed by atoms with Gasteiger partial charge in [0.25, 0.3) is 0 Å². The molecule has 1 aliphatic carbocycles. The lowest BCUT2D eigenvalue weighted by atomic mass is 9.92. The maximum atomic E-state index is 12.1. The molecule has 2 heterocycles. The molecule has 1 aromatic heterocycles. The molecule has 0 spiro atoms. The molecule has 5 heteroatoms. The molecule has 2 atom stereocenters. The molecule has 0 bridgehead atoms. The fourth-order valence-electron chi connectivity index (χ4n) is 3.02. The van der Waals surface area contributed by atoms with Crippen LogP contribution in [-0.2, 0) is 4.79 Å². The number of rotatable bonds is 3. The molecular formula is C14H20N4O. The van der Waals surface area contributed by atoms with Gasteiger partial charge < -0.3 is 16.4 Å². The molecule has 2 aliphatic rings. The highest BCUT2D eigenvalue weighted by Crippen LogP contribution is 2.47. The van der Waals surface area contributed by atoms with Crippen LogP contribution in [0, 0.1) is 17.8 Å². The van der Waals surface area contributed by atoms with E-state index in [2.05, 4.69) is 15.6 Å². The van der Waals surface area contributed by atoms with Gasteiger partial charge in [0, 0.05) is 5.92 Å². The number of amides is 1. The number of pyridine rings is 1. The lowest BCUT2D eigenvalue weighted by Crippen LogP contribution is -2.29. The van der Waals surface area contributed by atoms with Gasteiger partial charge in [0.2, 0.25) is 5.91 Å². The standard InChI is InChI=1S/C14H20N4O/c15-13-2-1-10(8-17-13)18-14(19)12-7-11(12)9-3-5-16-6-4-9/h1-2,8-9,11-12,16H,3-7H2,(H2,15,17)(H,18,19)/t11-,12+/m0/s1. The van der Waals surface area contributed by atoms with E-state index < -0.39 is 0 Å². The lowest BCUT2D eigenvalue weighted by molar-refractivity contribution is -0.117. The Morgan fingerprint density at radius 2 is 2.16 bits per heavy atom. The Labute approximate surface area is 113 Å². The number of piperidine rings is 1. The third-order valence-electron chi connectivity index (χ3n) is 4.22. The van der Waals surface area contributed by atoms with E-state index in [4.69, 9.17) is 5.73 Å². The first-order valence-electron chi connectivity index (χ1n) is 6.97. The summed E-state index contributed by atoms with van der Waals surface area (Å²) in [6.07, 6.45) is 5.06. The highest BCUT2D eigenvalue weighted by molar-refractivity contribution is 5.94. The van der Waals surface area contributed by atoms with Crippen molar-refractivity contribution in [2.75, 3.05) is 24.1 Å². The summed E-state index contributed by atoms with van der Waals surface area (Å²) in [6.45, 7) is 2.19. The summed E-state index contributed by atoms with van der Waals surface area (Å²) >= 11 is 0. The zero-order chi connectivity index (χ0) is 13.2. The predicted molar refractivity (Wildman–Crippen MR) is 74.5 cm³/mol. The Hall–Kier alpha value is -1.62. The molecule has 5 nitrogen and oxygen atoms in total. The van der Waals surface area contributed by atoms with Gasteiger partial charge in [0.05, 0.1) is 11.9 Å². The molecule has 3 rings (SSSR count). The van der Waals surface area contributed by atoms with Gasteiger partial charge in [-0.05, 0) is 56.3 Å². The van der Waals surface area contributed by atoms with Crippen LogP contribution < -0.4 is 16.4 Å². The van der Waals surface area contributed by atoms with Crippen LogP contribution >= 0.6 is 0 Å². The van der Waals surface area contributed by atoms with E-state index in [9.17, 15) is 4.79 Å². The number of nitrogen functional groups attached to an aromatic ring is 1. The van der Waals surface area contributed by atoms with E-state index in [0.29, 0.717) is 11.7 Å². The molecule has 1 saturated heterocycles. The third kappa shape index (κ3) is 2.87. The largest absolute Gasteiger partial charge is 0.384 e. The first kappa shape index (κ1) is 12.4. The van der Waals surface area contributed by atoms with Gasteiger partial charge in [0.1, 0.15) is 5.82 Å². The smallest absolute Gasteiger partial charge is 0.227 e. The Bertz CT molecular complexity index is 453. The molecule has 1 amide bonds. The average molecular weight is 260 g/mol. The van der Waals surface area contributed by atoms with Crippen molar-refractivity contribution < 1.29 is 4.79 Å². The third-order valence-corrected chi connectivity index (χ3v) is 4.22. The number of nitrogens with one attached hydrogen (secondary N) is 2. The summed E-state index contributed by atoms with van der Waals surface area (Å²) in [4.78, 5) is 16.1. The summed E-state index contributed by atoms with van der Waals surface area (Å²) in [6, 6.07) is 3.49. The van der Waals surface area contributed by atoms with Crippen molar-refractivity contribution in [3.05, 3.63) is 18.3 Å².